The molecule has 0 bridgehead atoms. The standard InChI is InChI=1S/C14H22N2O2.2ClH/c1-17-13-4-3-5-14(18-2)12(13)10-16-8-6-11(15)7-9-16;;/h3-5,11H,6-10,15H2,1-2H3;2*1H. The van der Waals surface area contributed by atoms with Crippen molar-refractivity contribution in [1.82, 2.24) is 4.90 Å². The van der Waals surface area contributed by atoms with Gasteiger partial charge in [-0.15, -0.1) is 24.8 Å². The summed E-state index contributed by atoms with van der Waals surface area (Å²) in [6, 6.07) is 6.27. The van der Waals surface area contributed by atoms with Gasteiger partial charge in [0.2, 0.25) is 0 Å². The van der Waals surface area contributed by atoms with E-state index in [9.17, 15) is 0 Å². The number of hydrogen-bond donors (Lipinski definition) is 1. The Morgan fingerprint density at radius 2 is 1.60 bits per heavy atom. The van der Waals surface area contributed by atoms with Crippen molar-refractivity contribution < 1.29 is 9.47 Å². The fourth-order valence-corrected chi connectivity index (χ4v) is 2.42. The molecule has 2 N–H and O–H groups in total. The summed E-state index contributed by atoms with van der Waals surface area (Å²) in [6.45, 7) is 2.95. The third-order valence-corrected chi connectivity index (χ3v) is 3.54. The van der Waals surface area contributed by atoms with Crippen molar-refractivity contribution in [2.75, 3.05) is 27.3 Å². The number of halogens is 2. The molecule has 116 valence electrons. The van der Waals surface area contributed by atoms with Crippen LogP contribution in [0.25, 0.3) is 0 Å². The van der Waals surface area contributed by atoms with Crippen LogP contribution in [0.5, 0.6) is 11.5 Å². The summed E-state index contributed by atoms with van der Waals surface area (Å²) in [4.78, 5) is 2.41. The first kappa shape index (κ1) is 19.3. The van der Waals surface area contributed by atoms with Gasteiger partial charge in [0.25, 0.3) is 0 Å². The van der Waals surface area contributed by atoms with E-state index in [4.69, 9.17) is 15.2 Å². The number of methoxy groups -OCH3 is 2. The first-order chi connectivity index (χ1) is 8.74. The van der Waals surface area contributed by atoms with Crippen LogP contribution in [0.15, 0.2) is 18.2 Å². The largest absolute Gasteiger partial charge is 0.496 e. The third-order valence-electron chi connectivity index (χ3n) is 3.54. The maximum absolute atomic E-state index is 5.93. The van der Waals surface area contributed by atoms with Gasteiger partial charge in [0.15, 0.2) is 0 Å². The van der Waals surface area contributed by atoms with E-state index in [1.165, 1.54) is 0 Å². The molecule has 0 radical (unpaired) electrons. The van der Waals surface area contributed by atoms with Crippen molar-refractivity contribution >= 4 is 24.8 Å². The lowest BCUT2D eigenvalue weighted by Crippen LogP contribution is -2.39. The second-order valence-electron chi connectivity index (χ2n) is 4.75. The number of rotatable bonds is 4. The van der Waals surface area contributed by atoms with Crippen LogP contribution in [-0.4, -0.2) is 38.3 Å². The van der Waals surface area contributed by atoms with Crippen molar-refractivity contribution in [1.29, 1.82) is 0 Å². The van der Waals surface area contributed by atoms with Gasteiger partial charge >= 0.3 is 0 Å². The highest BCUT2D eigenvalue weighted by molar-refractivity contribution is 5.85. The number of likely N-dealkylation sites (tertiary alicyclic amines) is 1. The van der Waals surface area contributed by atoms with Crippen LogP contribution in [-0.2, 0) is 6.54 Å². The summed E-state index contributed by atoms with van der Waals surface area (Å²) in [5, 5.41) is 0. The van der Waals surface area contributed by atoms with Gasteiger partial charge < -0.3 is 15.2 Å². The summed E-state index contributed by atoms with van der Waals surface area (Å²) in [7, 11) is 3.40. The molecule has 0 spiro atoms. The zero-order chi connectivity index (χ0) is 13.0. The van der Waals surface area contributed by atoms with E-state index < -0.39 is 0 Å². The summed E-state index contributed by atoms with van der Waals surface area (Å²) in [5.74, 6) is 1.79. The van der Waals surface area contributed by atoms with Crippen LogP contribution in [0.4, 0.5) is 0 Å². The Kier molecular flexibility index (Phi) is 8.98. The molecule has 0 atom stereocenters. The lowest BCUT2D eigenvalue weighted by atomic mass is 10.0. The first-order valence-corrected chi connectivity index (χ1v) is 6.42. The van der Waals surface area contributed by atoms with Crippen LogP contribution in [0.2, 0.25) is 0 Å². The highest BCUT2D eigenvalue weighted by atomic mass is 35.5. The molecule has 0 amide bonds. The molecule has 1 aliphatic rings. The number of hydrogen-bond acceptors (Lipinski definition) is 4. The summed E-state index contributed by atoms with van der Waals surface area (Å²) in [6.07, 6.45) is 2.13. The molecule has 0 unspecified atom stereocenters. The van der Waals surface area contributed by atoms with Gasteiger partial charge in [-0.25, -0.2) is 0 Å². The molecule has 0 saturated carbocycles. The maximum Gasteiger partial charge on any atom is 0.127 e. The van der Waals surface area contributed by atoms with E-state index in [0.717, 1.165) is 49.5 Å². The molecule has 1 fully saturated rings. The van der Waals surface area contributed by atoms with Crippen molar-refractivity contribution in [3.8, 4) is 11.5 Å². The zero-order valence-electron chi connectivity index (χ0n) is 12.0. The van der Waals surface area contributed by atoms with Gasteiger partial charge in [-0.05, 0) is 38.1 Å². The molecule has 1 saturated heterocycles. The maximum atomic E-state index is 5.93. The lowest BCUT2D eigenvalue weighted by molar-refractivity contribution is 0.201. The molecule has 20 heavy (non-hydrogen) atoms. The Morgan fingerprint density at radius 3 is 2.05 bits per heavy atom. The minimum atomic E-state index is 0. The summed E-state index contributed by atoms with van der Waals surface area (Å²) in [5.41, 5.74) is 7.05. The Balaban J connectivity index is 0.00000180. The fraction of sp³-hybridized carbons (Fsp3) is 0.571. The average molecular weight is 323 g/mol. The summed E-state index contributed by atoms with van der Waals surface area (Å²) < 4.78 is 10.8. The predicted octanol–water partition coefficient (Wildman–Crippen LogP) is 2.47. The van der Waals surface area contributed by atoms with Gasteiger partial charge in [0, 0.05) is 12.6 Å². The molecular formula is C14H24Cl2N2O2. The Labute approximate surface area is 133 Å². The van der Waals surface area contributed by atoms with Crippen LogP contribution in [0.1, 0.15) is 18.4 Å². The minimum Gasteiger partial charge on any atom is -0.496 e. The van der Waals surface area contributed by atoms with Gasteiger partial charge in [0.1, 0.15) is 11.5 Å². The predicted molar refractivity (Wildman–Crippen MR) is 86.5 cm³/mol. The van der Waals surface area contributed by atoms with Gasteiger partial charge in [-0.3, -0.25) is 4.90 Å². The Bertz CT molecular complexity index is 375. The SMILES string of the molecule is COc1cccc(OC)c1CN1CCC(N)CC1.Cl.Cl. The van der Waals surface area contributed by atoms with Crippen molar-refractivity contribution in [2.45, 2.75) is 25.4 Å². The van der Waals surface area contributed by atoms with Gasteiger partial charge in [-0.1, -0.05) is 6.07 Å². The van der Waals surface area contributed by atoms with Crippen LogP contribution in [0.3, 0.4) is 0 Å². The van der Waals surface area contributed by atoms with Crippen LogP contribution >= 0.6 is 24.8 Å². The molecule has 4 nitrogen and oxygen atoms in total. The van der Waals surface area contributed by atoms with E-state index in [-0.39, 0.29) is 24.8 Å². The molecule has 1 aromatic carbocycles. The molecule has 2 rings (SSSR count). The van der Waals surface area contributed by atoms with E-state index in [2.05, 4.69) is 4.90 Å². The van der Waals surface area contributed by atoms with E-state index in [1.54, 1.807) is 14.2 Å². The zero-order valence-corrected chi connectivity index (χ0v) is 13.6. The fourth-order valence-electron chi connectivity index (χ4n) is 2.42. The monoisotopic (exact) mass is 322 g/mol. The second-order valence-corrected chi connectivity index (χ2v) is 4.75. The third kappa shape index (κ3) is 4.70. The number of piperidine rings is 1. The molecule has 1 heterocycles. The van der Waals surface area contributed by atoms with Gasteiger partial charge in [-0.2, -0.15) is 0 Å². The molecule has 6 heteroatoms. The molecular weight excluding hydrogens is 299 g/mol. The number of nitrogens with zero attached hydrogens (tertiary/aromatic N) is 1. The van der Waals surface area contributed by atoms with E-state index in [0.29, 0.717) is 6.04 Å². The number of benzene rings is 1. The van der Waals surface area contributed by atoms with Gasteiger partial charge in [0.05, 0.1) is 19.8 Å². The average Bonchev–Trinajstić information content (AvgIpc) is 2.41. The van der Waals surface area contributed by atoms with Crippen molar-refractivity contribution in [2.24, 2.45) is 5.73 Å². The Hall–Kier alpha value is -0.680. The van der Waals surface area contributed by atoms with Crippen molar-refractivity contribution in [3.63, 3.8) is 0 Å². The normalized spacial score (nSPS) is 15.9. The van der Waals surface area contributed by atoms with E-state index >= 15 is 0 Å². The molecule has 0 aromatic heterocycles. The van der Waals surface area contributed by atoms with E-state index in [1.807, 2.05) is 18.2 Å². The second kappa shape index (κ2) is 9.29. The smallest absolute Gasteiger partial charge is 0.127 e. The highest BCUT2D eigenvalue weighted by Crippen LogP contribution is 2.30. The quantitative estimate of drug-likeness (QED) is 0.925. The topological polar surface area (TPSA) is 47.7 Å². The van der Waals surface area contributed by atoms with Crippen LogP contribution in [0, 0.1) is 0 Å². The Morgan fingerprint density at radius 1 is 1.10 bits per heavy atom. The molecule has 0 aliphatic carbocycles. The summed E-state index contributed by atoms with van der Waals surface area (Å²) >= 11 is 0. The molecule has 1 aliphatic heterocycles. The molecule has 1 aromatic rings. The highest BCUT2D eigenvalue weighted by Gasteiger charge is 2.19. The van der Waals surface area contributed by atoms with Crippen molar-refractivity contribution in [3.05, 3.63) is 23.8 Å². The minimum absolute atomic E-state index is 0. The number of ether oxygens (including phenoxy) is 2. The lowest BCUT2D eigenvalue weighted by Gasteiger charge is -2.30. The first-order valence-electron chi connectivity index (χ1n) is 6.42. The van der Waals surface area contributed by atoms with Crippen LogP contribution < -0.4 is 15.2 Å². The number of nitrogens with two attached hydrogens (primary N) is 1.